The second-order valence-electron chi connectivity index (χ2n) is 10.8. The summed E-state index contributed by atoms with van der Waals surface area (Å²) < 4.78 is 25.3. The van der Waals surface area contributed by atoms with Gasteiger partial charge in [-0.15, -0.1) is 10.2 Å². The number of carboxylic acids is 1. The number of hydrogen-bond donors (Lipinski definition) is 2. The van der Waals surface area contributed by atoms with Crippen molar-refractivity contribution in [3.05, 3.63) is 47.5 Å². The highest BCUT2D eigenvalue weighted by molar-refractivity contribution is 5.86. The minimum Gasteiger partial charge on any atom is -0.479 e. The molecule has 4 aliphatic rings. The Kier molecular flexibility index (Phi) is 5.71. The van der Waals surface area contributed by atoms with Crippen LogP contribution in [0.4, 0.5) is 5.82 Å². The Balaban J connectivity index is 1.39. The zero-order valence-electron chi connectivity index (χ0n) is 22.1. The van der Waals surface area contributed by atoms with Crippen molar-refractivity contribution < 1.29 is 28.8 Å². The molecule has 2 unspecified atom stereocenters. The second kappa shape index (κ2) is 9.09. The molecule has 7 rings (SSSR count). The molecule has 6 atom stereocenters. The van der Waals surface area contributed by atoms with Gasteiger partial charge in [-0.1, -0.05) is 29.8 Å². The lowest BCUT2D eigenvalue weighted by molar-refractivity contribution is -0.202. The van der Waals surface area contributed by atoms with Gasteiger partial charge in [0, 0.05) is 6.61 Å². The van der Waals surface area contributed by atoms with Crippen molar-refractivity contribution in [1.82, 2.24) is 19.5 Å². The van der Waals surface area contributed by atoms with Crippen LogP contribution in [0, 0.1) is 6.92 Å². The molecule has 3 saturated heterocycles. The molecule has 40 heavy (non-hydrogen) atoms. The Labute approximate surface area is 228 Å². The molecule has 4 aliphatic heterocycles. The van der Waals surface area contributed by atoms with E-state index in [4.69, 9.17) is 28.9 Å². The van der Waals surface area contributed by atoms with Gasteiger partial charge in [-0.3, -0.25) is 4.57 Å². The smallest absolute Gasteiger partial charge is 0.335 e. The van der Waals surface area contributed by atoms with E-state index in [1.807, 2.05) is 31.2 Å². The summed E-state index contributed by atoms with van der Waals surface area (Å²) in [6.07, 6.45) is 0.381. The molecule has 3 aromatic rings. The average molecular weight is 549 g/mol. The van der Waals surface area contributed by atoms with Gasteiger partial charge < -0.3 is 29.4 Å². The monoisotopic (exact) mass is 548 g/mol. The summed E-state index contributed by atoms with van der Waals surface area (Å²) in [6.45, 7) is 6.67. The number of rotatable bonds is 6. The number of ether oxygens (including phenoxy) is 4. The van der Waals surface area contributed by atoms with Crippen molar-refractivity contribution >= 4 is 29.2 Å². The van der Waals surface area contributed by atoms with E-state index < -0.39 is 41.8 Å². The molecule has 0 aliphatic carbocycles. The van der Waals surface area contributed by atoms with E-state index >= 15 is 0 Å². The number of imidazole rings is 1. The van der Waals surface area contributed by atoms with E-state index in [1.54, 1.807) is 31.0 Å². The fourth-order valence-corrected chi connectivity index (χ4v) is 5.62. The largest absolute Gasteiger partial charge is 0.479 e. The van der Waals surface area contributed by atoms with E-state index in [1.165, 1.54) is 0 Å². The van der Waals surface area contributed by atoms with Crippen LogP contribution in [0.15, 0.2) is 46.0 Å². The predicted octanol–water partition coefficient (Wildman–Crippen LogP) is 2.53. The third-order valence-electron chi connectivity index (χ3n) is 7.57. The van der Waals surface area contributed by atoms with Gasteiger partial charge in [0.2, 0.25) is 5.54 Å². The normalized spacial score (nSPS) is 32.2. The minimum absolute atomic E-state index is 0.0289. The number of aliphatic carboxylic acids is 1. The van der Waals surface area contributed by atoms with Crippen molar-refractivity contribution in [2.24, 2.45) is 15.4 Å². The number of nitrogens with one attached hydrogen (secondary N) is 1. The van der Waals surface area contributed by atoms with Crippen molar-refractivity contribution in [3.8, 4) is 0 Å². The average Bonchev–Trinajstić information content (AvgIpc) is 3.73. The summed E-state index contributed by atoms with van der Waals surface area (Å²) in [4.78, 5) is 26.5. The topological polar surface area (TPSA) is 167 Å². The molecular formula is C26H28N8O6. The van der Waals surface area contributed by atoms with Crippen molar-refractivity contribution in [2.45, 2.75) is 69.1 Å². The highest BCUT2D eigenvalue weighted by Gasteiger charge is 2.58. The fourth-order valence-electron chi connectivity index (χ4n) is 5.62. The van der Waals surface area contributed by atoms with Crippen LogP contribution in [-0.2, 0) is 29.3 Å². The fraction of sp³-hybridized carbons (Fsp3) is 0.500. The van der Waals surface area contributed by atoms with E-state index in [-0.39, 0.29) is 6.04 Å². The Bertz CT molecular complexity index is 1520. The second-order valence-corrected chi connectivity index (χ2v) is 10.8. The number of carbonyl (C=O) groups is 1. The minimum atomic E-state index is -1.22. The van der Waals surface area contributed by atoms with Gasteiger partial charge in [-0.2, -0.15) is 0 Å². The third-order valence-corrected chi connectivity index (χ3v) is 7.57. The van der Waals surface area contributed by atoms with Crippen LogP contribution in [0.2, 0.25) is 0 Å². The lowest BCUT2D eigenvalue weighted by Crippen LogP contribution is -2.35. The van der Waals surface area contributed by atoms with Crippen LogP contribution in [0.5, 0.6) is 0 Å². The van der Waals surface area contributed by atoms with E-state index in [0.29, 0.717) is 36.0 Å². The van der Waals surface area contributed by atoms with Gasteiger partial charge in [0.1, 0.15) is 12.2 Å². The van der Waals surface area contributed by atoms with Crippen LogP contribution in [0.3, 0.4) is 0 Å². The van der Waals surface area contributed by atoms with Gasteiger partial charge in [0.25, 0.3) is 0 Å². The van der Waals surface area contributed by atoms with Gasteiger partial charge >= 0.3 is 5.97 Å². The molecular weight excluding hydrogens is 520 g/mol. The summed E-state index contributed by atoms with van der Waals surface area (Å²) in [5.41, 5.74) is 1.61. The third kappa shape index (κ3) is 3.98. The number of carboxylic acid groups (broad SMARTS) is 1. The standard InChI is InChI=1S/C26H28N8O6/c1-13-4-6-14(7-5-13)26(11-28-33-32-26)24-30-20(29-15-8-9-37-10-15)16-21(31-24)34(12-27-16)22-18-17(19(38-22)23(35)36)39-25(2,3)40-18/h4-7,11-12,15,17-19,22H,8-10H2,1-3H3,(H,35,36)(H,29,30,31)/t15?,17-,18-,19+,22-,26?/m1/s1. The molecule has 14 nitrogen and oxygen atoms in total. The van der Waals surface area contributed by atoms with Crippen LogP contribution >= 0.6 is 0 Å². The van der Waals surface area contributed by atoms with E-state index in [0.717, 1.165) is 17.5 Å². The number of anilines is 1. The number of benzene rings is 1. The summed E-state index contributed by atoms with van der Waals surface area (Å²) in [5, 5.41) is 25.8. The maximum Gasteiger partial charge on any atom is 0.335 e. The Morgan fingerprint density at radius 2 is 1.95 bits per heavy atom. The molecule has 0 spiro atoms. The molecule has 2 N–H and O–H groups in total. The van der Waals surface area contributed by atoms with Crippen molar-refractivity contribution in [1.29, 1.82) is 0 Å². The van der Waals surface area contributed by atoms with Gasteiger partial charge in [-0.25, -0.2) is 19.7 Å². The summed E-state index contributed by atoms with van der Waals surface area (Å²) >= 11 is 0. The number of aryl methyl sites for hydroxylation is 1. The Morgan fingerprint density at radius 1 is 1.15 bits per heavy atom. The summed E-state index contributed by atoms with van der Waals surface area (Å²) in [5.74, 6) is -1.30. The Morgan fingerprint density at radius 3 is 2.65 bits per heavy atom. The molecule has 2 aromatic heterocycles. The van der Waals surface area contributed by atoms with Gasteiger partial charge in [-0.05, 0) is 38.0 Å². The molecule has 0 bridgehead atoms. The number of hydrogen-bond acceptors (Lipinski definition) is 12. The molecule has 208 valence electrons. The molecule has 14 heteroatoms. The number of nitrogens with zero attached hydrogens (tertiary/aromatic N) is 7. The molecule has 0 saturated carbocycles. The molecule has 6 heterocycles. The lowest BCUT2D eigenvalue weighted by Gasteiger charge is -2.24. The number of aromatic nitrogens is 4. The van der Waals surface area contributed by atoms with Crippen LogP contribution in [0.1, 0.15) is 43.4 Å². The van der Waals surface area contributed by atoms with Gasteiger partial charge in [0.15, 0.2) is 40.9 Å². The lowest BCUT2D eigenvalue weighted by atomic mass is 9.90. The zero-order valence-corrected chi connectivity index (χ0v) is 22.1. The first kappa shape index (κ1) is 25.1. The quantitative estimate of drug-likeness (QED) is 0.467. The molecule has 0 amide bonds. The highest BCUT2D eigenvalue weighted by Crippen LogP contribution is 2.44. The van der Waals surface area contributed by atoms with E-state index in [9.17, 15) is 9.90 Å². The van der Waals surface area contributed by atoms with Crippen LogP contribution < -0.4 is 5.32 Å². The number of fused-ring (bicyclic) bond motifs is 2. The van der Waals surface area contributed by atoms with Crippen molar-refractivity contribution in [2.75, 3.05) is 18.5 Å². The zero-order chi connectivity index (χ0) is 27.6. The summed E-state index contributed by atoms with van der Waals surface area (Å²) in [6, 6.07) is 7.88. The molecule has 0 radical (unpaired) electrons. The highest BCUT2D eigenvalue weighted by atomic mass is 16.8. The first-order valence-corrected chi connectivity index (χ1v) is 13.1. The van der Waals surface area contributed by atoms with E-state index in [2.05, 4.69) is 25.7 Å². The molecule has 1 aromatic carbocycles. The van der Waals surface area contributed by atoms with Crippen LogP contribution in [-0.4, -0.2) is 80.2 Å². The summed E-state index contributed by atoms with van der Waals surface area (Å²) in [7, 11) is 0. The first-order chi connectivity index (χ1) is 19.2. The van der Waals surface area contributed by atoms with Gasteiger partial charge in [0.05, 0.1) is 25.2 Å². The maximum atomic E-state index is 12.1. The maximum absolute atomic E-state index is 12.1. The first-order valence-electron chi connectivity index (χ1n) is 13.1. The van der Waals surface area contributed by atoms with Crippen LogP contribution in [0.25, 0.3) is 11.2 Å². The Hall–Kier alpha value is -3.85. The molecule has 3 fully saturated rings. The van der Waals surface area contributed by atoms with Crippen molar-refractivity contribution in [3.63, 3.8) is 0 Å². The SMILES string of the molecule is Cc1ccc(C2(c3nc(NC4CCOC4)c4ncn([C@@H]5O[C@H](C(=O)O)[C@@H]6OC(C)(C)O[C@H]65)c4n3)C=NN=N2)cc1. The predicted molar refractivity (Wildman–Crippen MR) is 139 cm³/mol.